The summed E-state index contributed by atoms with van der Waals surface area (Å²) in [4.78, 5) is 4.23. The normalized spacial score (nSPS) is 19.4. The second kappa shape index (κ2) is 6.40. The van der Waals surface area contributed by atoms with E-state index < -0.39 is 0 Å². The number of anilines is 1. The molecule has 1 aliphatic rings. The van der Waals surface area contributed by atoms with Gasteiger partial charge in [-0.25, -0.2) is 4.98 Å². The van der Waals surface area contributed by atoms with Crippen LogP contribution in [0.15, 0.2) is 67.3 Å². The molecule has 0 fully saturated rings. The second-order valence-electron chi connectivity index (χ2n) is 6.24. The van der Waals surface area contributed by atoms with E-state index in [2.05, 4.69) is 57.5 Å². The zero-order valence-corrected chi connectivity index (χ0v) is 13.7. The molecule has 4 rings (SSSR count). The average Bonchev–Trinajstić information content (AvgIpc) is 3.16. The van der Waals surface area contributed by atoms with Crippen LogP contribution in [0.5, 0.6) is 5.75 Å². The van der Waals surface area contributed by atoms with Crippen molar-refractivity contribution in [2.45, 2.75) is 24.9 Å². The fourth-order valence-electron chi connectivity index (χ4n) is 3.51. The molecule has 3 aromatic rings. The van der Waals surface area contributed by atoms with Crippen molar-refractivity contribution < 1.29 is 4.74 Å². The van der Waals surface area contributed by atoms with Gasteiger partial charge < -0.3 is 14.6 Å². The Bertz CT molecular complexity index is 796. The summed E-state index contributed by atoms with van der Waals surface area (Å²) in [6.45, 7) is 0. The molecule has 0 spiro atoms. The van der Waals surface area contributed by atoms with Gasteiger partial charge in [0.1, 0.15) is 5.75 Å². The minimum absolute atomic E-state index is 0.327. The number of ether oxygens (including phenoxy) is 1. The Morgan fingerprint density at radius 3 is 2.75 bits per heavy atom. The summed E-state index contributed by atoms with van der Waals surface area (Å²) in [5, 5.41) is 3.70. The van der Waals surface area contributed by atoms with Crippen LogP contribution in [0.3, 0.4) is 0 Å². The number of rotatable bonds is 4. The van der Waals surface area contributed by atoms with Crippen molar-refractivity contribution in [1.82, 2.24) is 9.55 Å². The molecule has 2 aromatic carbocycles. The predicted molar refractivity (Wildman–Crippen MR) is 95.5 cm³/mol. The third-order valence-electron chi connectivity index (χ3n) is 4.71. The maximum Gasteiger partial charge on any atom is 0.118 e. The molecule has 1 N–H and O–H groups in total. The van der Waals surface area contributed by atoms with Crippen molar-refractivity contribution in [3.8, 4) is 5.75 Å². The predicted octanol–water partition coefficient (Wildman–Crippen LogP) is 3.91. The van der Waals surface area contributed by atoms with Crippen LogP contribution in [0.4, 0.5) is 5.69 Å². The molecule has 4 nitrogen and oxygen atoms in total. The number of nitrogens with one attached hydrogen (secondary N) is 1. The smallest absolute Gasteiger partial charge is 0.118 e. The maximum atomic E-state index is 5.25. The van der Waals surface area contributed by atoms with Gasteiger partial charge in [-0.15, -0.1) is 0 Å². The molecule has 2 atom stereocenters. The lowest BCUT2D eigenvalue weighted by atomic mass is 9.89. The van der Waals surface area contributed by atoms with Crippen LogP contribution in [0.2, 0.25) is 0 Å². The van der Waals surface area contributed by atoms with E-state index in [-0.39, 0.29) is 0 Å². The summed E-state index contributed by atoms with van der Waals surface area (Å²) < 4.78 is 7.45. The molecular weight excluding hydrogens is 298 g/mol. The van der Waals surface area contributed by atoms with E-state index >= 15 is 0 Å². The maximum absolute atomic E-state index is 5.25. The van der Waals surface area contributed by atoms with Crippen LogP contribution in [-0.2, 0) is 6.42 Å². The third-order valence-corrected chi connectivity index (χ3v) is 4.71. The van der Waals surface area contributed by atoms with Gasteiger partial charge in [0.05, 0.1) is 19.5 Å². The molecule has 122 valence electrons. The zero-order chi connectivity index (χ0) is 16.4. The Morgan fingerprint density at radius 2 is 2.00 bits per heavy atom. The van der Waals surface area contributed by atoms with Crippen LogP contribution in [0, 0.1) is 0 Å². The highest BCUT2D eigenvalue weighted by Crippen LogP contribution is 2.36. The molecule has 24 heavy (non-hydrogen) atoms. The van der Waals surface area contributed by atoms with Gasteiger partial charge in [-0.05, 0) is 42.2 Å². The Labute approximate surface area is 142 Å². The van der Waals surface area contributed by atoms with Crippen LogP contribution < -0.4 is 10.1 Å². The zero-order valence-electron chi connectivity index (χ0n) is 13.7. The third kappa shape index (κ3) is 2.87. The molecule has 0 amide bonds. The Hall–Kier alpha value is -2.75. The summed E-state index contributed by atoms with van der Waals surface area (Å²) >= 11 is 0. The summed E-state index contributed by atoms with van der Waals surface area (Å²) in [6.07, 6.45) is 7.85. The Kier molecular flexibility index (Phi) is 3.95. The van der Waals surface area contributed by atoms with Crippen LogP contribution in [-0.4, -0.2) is 22.7 Å². The molecule has 4 heteroatoms. The van der Waals surface area contributed by atoms with Gasteiger partial charge in [-0.1, -0.05) is 30.3 Å². The number of fused-ring (bicyclic) bond motifs is 1. The molecular formula is C20H21N3O. The molecule has 0 aliphatic carbocycles. The van der Waals surface area contributed by atoms with Gasteiger partial charge in [-0.3, -0.25) is 0 Å². The molecule has 2 heterocycles. The van der Waals surface area contributed by atoms with E-state index in [0.29, 0.717) is 12.1 Å². The van der Waals surface area contributed by atoms with Gasteiger partial charge in [0.25, 0.3) is 0 Å². The Morgan fingerprint density at radius 1 is 1.17 bits per heavy atom. The van der Waals surface area contributed by atoms with Gasteiger partial charge in [0.15, 0.2) is 0 Å². The number of benzene rings is 2. The highest BCUT2D eigenvalue weighted by atomic mass is 16.5. The van der Waals surface area contributed by atoms with Gasteiger partial charge >= 0.3 is 0 Å². The summed E-state index contributed by atoms with van der Waals surface area (Å²) in [5.41, 5.74) is 3.87. The number of nitrogens with zero attached hydrogens (tertiary/aromatic N) is 2. The standard InChI is InChI=1S/C20H21N3O/c1-24-17-8-6-15(7-9-17)12-16-13-20(23-11-10-21-14-23)18-4-2-3-5-19(18)22-16/h2-11,14,16,20,22H,12-13H2,1H3. The summed E-state index contributed by atoms with van der Waals surface area (Å²) in [6, 6.07) is 17.6. The molecule has 0 bridgehead atoms. The fourth-order valence-corrected chi connectivity index (χ4v) is 3.51. The SMILES string of the molecule is COc1ccc(CC2CC(n3ccnc3)c3ccccc3N2)cc1. The van der Waals surface area contributed by atoms with Crippen LogP contribution in [0.1, 0.15) is 23.6 Å². The molecule has 0 saturated heterocycles. The van der Waals surface area contributed by atoms with Gasteiger partial charge in [0.2, 0.25) is 0 Å². The first-order valence-corrected chi connectivity index (χ1v) is 8.29. The lowest BCUT2D eigenvalue weighted by Gasteiger charge is -2.34. The number of hydrogen-bond acceptors (Lipinski definition) is 3. The average molecular weight is 319 g/mol. The van der Waals surface area contributed by atoms with E-state index in [0.717, 1.165) is 18.6 Å². The number of imidazole rings is 1. The number of para-hydroxylation sites is 1. The minimum Gasteiger partial charge on any atom is -0.497 e. The second-order valence-corrected chi connectivity index (χ2v) is 6.24. The molecule has 0 saturated carbocycles. The molecule has 2 unspecified atom stereocenters. The molecule has 0 radical (unpaired) electrons. The van der Waals surface area contributed by atoms with E-state index in [4.69, 9.17) is 4.74 Å². The van der Waals surface area contributed by atoms with E-state index in [1.54, 1.807) is 7.11 Å². The highest BCUT2D eigenvalue weighted by molar-refractivity contribution is 5.56. The van der Waals surface area contributed by atoms with Crippen molar-refractivity contribution in [1.29, 1.82) is 0 Å². The first-order valence-electron chi connectivity index (χ1n) is 8.29. The van der Waals surface area contributed by atoms with Crippen molar-refractivity contribution in [2.24, 2.45) is 0 Å². The first kappa shape index (κ1) is 14.8. The van der Waals surface area contributed by atoms with Crippen LogP contribution >= 0.6 is 0 Å². The fraction of sp³-hybridized carbons (Fsp3) is 0.250. The quantitative estimate of drug-likeness (QED) is 0.792. The van der Waals surface area contributed by atoms with Crippen LogP contribution in [0.25, 0.3) is 0 Å². The molecule has 1 aliphatic heterocycles. The number of aromatic nitrogens is 2. The lowest BCUT2D eigenvalue weighted by molar-refractivity contribution is 0.414. The lowest BCUT2D eigenvalue weighted by Crippen LogP contribution is -2.32. The minimum atomic E-state index is 0.327. The summed E-state index contributed by atoms with van der Waals surface area (Å²) in [5.74, 6) is 0.900. The first-order chi connectivity index (χ1) is 11.8. The molecule has 1 aromatic heterocycles. The van der Waals surface area contributed by atoms with Crippen molar-refractivity contribution >= 4 is 5.69 Å². The Balaban J connectivity index is 1.59. The van der Waals surface area contributed by atoms with Crippen molar-refractivity contribution in [2.75, 3.05) is 12.4 Å². The number of methoxy groups -OCH3 is 1. The summed E-state index contributed by atoms with van der Waals surface area (Å²) in [7, 11) is 1.70. The van der Waals surface area contributed by atoms with Gasteiger partial charge in [0, 0.05) is 24.1 Å². The van der Waals surface area contributed by atoms with E-state index in [9.17, 15) is 0 Å². The van der Waals surface area contributed by atoms with Crippen molar-refractivity contribution in [3.05, 3.63) is 78.4 Å². The largest absolute Gasteiger partial charge is 0.497 e. The highest BCUT2D eigenvalue weighted by Gasteiger charge is 2.27. The van der Waals surface area contributed by atoms with Gasteiger partial charge in [-0.2, -0.15) is 0 Å². The van der Waals surface area contributed by atoms with Crippen molar-refractivity contribution in [3.63, 3.8) is 0 Å². The monoisotopic (exact) mass is 319 g/mol. The topological polar surface area (TPSA) is 39.1 Å². The number of hydrogen-bond donors (Lipinski definition) is 1. The van der Waals surface area contributed by atoms with E-state index in [1.807, 2.05) is 24.7 Å². The van der Waals surface area contributed by atoms with E-state index in [1.165, 1.54) is 16.8 Å².